The number of unbranched alkanes of at least 4 members (excludes halogenated alkanes) is 1. The zero-order valence-corrected chi connectivity index (χ0v) is 10.8. The first-order valence-electron chi connectivity index (χ1n) is 6.26. The van der Waals surface area contributed by atoms with E-state index in [2.05, 4.69) is 4.90 Å². The highest BCUT2D eigenvalue weighted by molar-refractivity contribution is 5.66. The molecule has 4 nitrogen and oxygen atoms in total. The number of aliphatic carboxylic acids is 1. The molecule has 0 saturated carbocycles. The van der Waals surface area contributed by atoms with Crippen molar-refractivity contribution in [3.8, 4) is 5.75 Å². The summed E-state index contributed by atoms with van der Waals surface area (Å²) in [5.41, 5.74) is 0. The summed E-state index contributed by atoms with van der Waals surface area (Å²) in [7, 11) is 2.02. The summed E-state index contributed by atoms with van der Waals surface area (Å²) in [5.74, 6) is 0.168. The maximum absolute atomic E-state index is 10.3. The lowest BCUT2D eigenvalue weighted by molar-refractivity contribution is -0.137. The molecule has 0 amide bonds. The second-order valence-corrected chi connectivity index (χ2v) is 4.32. The summed E-state index contributed by atoms with van der Waals surface area (Å²) in [4.78, 5) is 12.5. The Hall–Kier alpha value is -1.55. The molecule has 0 unspecified atom stereocenters. The van der Waals surface area contributed by atoms with Crippen molar-refractivity contribution in [1.82, 2.24) is 4.90 Å². The van der Waals surface area contributed by atoms with Gasteiger partial charge < -0.3 is 14.7 Å². The van der Waals surface area contributed by atoms with Crippen LogP contribution in [0.4, 0.5) is 0 Å². The average Bonchev–Trinajstić information content (AvgIpc) is 2.36. The van der Waals surface area contributed by atoms with Gasteiger partial charge in [0.2, 0.25) is 0 Å². The average molecular weight is 251 g/mol. The molecule has 1 N–H and O–H groups in total. The summed E-state index contributed by atoms with van der Waals surface area (Å²) < 4.78 is 5.59. The molecular formula is C14H21NO3. The molecule has 0 heterocycles. The van der Waals surface area contributed by atoms with Gasteiger partial charge in [-0.1, -0.05) is 18.2 Å². The van der Waals surface area contributed by atoms with Crippen molar-refractivity contribution < 1.29 is 14.6 Å². The highest BCUT2D eigenvalue weighted by Crippen LogP contribution is 2.07. The Bertz CT molecular complexity index is 340. The molecule has 0 aliphatic heterocycles. The molecular weight excluding hydrogens is 230 g/mol. The largest absolute Gasteiger partial charge is 0.492 e. The van der Waals surface area contributed by atoms with Gasteiger partial charge in [-0.25, -0.2) is 0 Å². The second kappa shape index (κ2) is 8.53. The zero-order chi connectivity index (χ0) is 13.2. The first kappa shape index (κ1) is 14.5. The van der Waals surface area contributed by atoms with Gasteiger partial charge in [-0.3, -0.25) is 4.79 Å². The van der Waals surface area contributed by atoms with Gasteiger partial charge in [0.25, 0.3) is 0 Å². The third-order valence-corrected chi connectivity index (χ3v) is 2.67. The molecule has 0 bridgehead atoms. The zero-order valence-electron chi connectivity index (χ0n) is 10.8. The van der Waals surface area contributed by atoms with E-state index < -0.39 is 5.97 Å². The minimum Gasteiger partial charge on any atom is -0.492 e. The lowest BCUT2D eigenvalue weighted by Gasteiger charge is -2.16. The lowest BCUT2D eigenvalue weighted by Crippen LogP contribution is -2.25. The van der Waals surface area contributed by atoms with E-state index in [9.17, 15) is 4.79 Å². The number of rotatable bonds is 9. The van der Waals surface area contributed by atoms with Crippen LogP contribution < -0.4 is 4.74 Å². The highest BCUT2D eigenvalue weighted by Gasteiger charge is 2.01. The normalized spacial score (nSPS) is 10.6. The Labute approximate surface area is 108 Å². The van der Waals surface area contributed by atoms with Crippen molar-refractivity contribution in [3.05, 3.63) is 30.3 Å². The molecule has 0 aliphatic rings. The number of benzene rings is 1. The molecule has 0 aliphatic carbocycles. The fraction of sp³-hybridized carbons (Fsp3) is 0.500. The molecule has 0 saturated heterocycles. The predicted octanol–water partition coefficient (Wildman–Crippen LogP) is 2.25. The Balaban J connectivity index is 2.03. The van der Waals surface area contributed by atoms with Crippen LogP contribution in [0.3, 0.4) is 0 Å². The highest BCUT2D eigenvalue weighted by atomic mass is 16.5. The van der Waals surface area contributed by atoms with Crippen molar-refractivity contribution in [2.45, 2.75) is 19.3 Å². The van der Waals surface area contributed by atoms with Gasteiger partial charge in [-0.05, 0) is 38.6 Å². The minimum atomic E-state index is -0.718. The molecule has 0 atom stereocenters. The Morgan fingerprint density at radius 1 is 1.22 bits per heavy atom. The van der Waals surface area contributed by atoms with Crippen LogP contribution in [0, 0.1) is 0 Å². The van der Waals surface area contributed by atoms with Crippen LogP contribution in [-0.2, 0) is 4.79 Å². The van der Waals surface area contributed by atoms with E-state index in [1.165, 1.54) is 0 Å². The maximum Gasteiger partial charge on any atom is 0.303 e. The molecule has 0 radical (unpaired) electrons. The molecule has 100 valence electrons. The summed E-state index contributed by atoms with van der Waals surface area (Å²) in [6, 6.07) is 9.73. The second-order valence-electron chi connectivity index (χ2n) is 4.32. The fourth-order valence-electron chi connectivity index (χ4n) is 1.61. The topological polar surface area (TPSA) is 49.8 Å². The van der Waals surface area contributed by atoms with Crippen LogP contribution in [0.5, 0.6) is 5.75 Å². The van der Waals surface area contributed by atoms with Crippen LogP contribution in [0.1, 0.15) is 19.3 Å². The monoisotopic (exact) mass is 251 g/mol. The van der Waals surface area contributed by atoms with Crippen LogP contribution in [0.15, 0.2) is 30.3 Å². The number of hydrogen-bond donors (Lipinski definition) is 1. The molecule has 0 fully saturated rings. The third-order valence-electron chi connectivity index (χ3n) is 2.67. The van der Waals surface area contributed by atoms with Crippen LogP contribution in [0.2, 0.25) is 0 Å². The molecule has 18 heavy (non-hydrogen) atoms. The molecule has 0 aromatic heterocycles. The van der Waals surface area contributed by atoms with Gasteiger partial charge in [0, 0.05) is 13.0 Å². The van der Waals surface area contributed by atoms with E-state index >= 15 is 0 Å². The first-order chi connectivity index (χ1) is 8.68. The molecule has 4 heteroatoms. The van der Waals surface area contributed by atoms with Crippen molar-refractivity contribution in [1.29, 1.82) is 0 Å². The lowest BCUT2D eigenvalue weighted by atomic mass is 10.2. The standard InChI is InChI=1S/C14H21NO3/c1-15(10-6-5-9-14(16)17)11-12-18-13-7-3-2-4-8-13/h2-4,7-8H,5-6,9-12H2,1H3,(H,16,17). The number of likely N-dealkylation sites (N-methyl/N-ethyl adjacent to an activating group) is 1. The number of hydrogen-bond acceptors (Lipinski definition) is 3. The summed E-state index contributed by atoms with van der Waals surface area (Å²) >= 11 is 0. The van der Waals surface area contributed by atoms with Gasteiger partial charge in [0.05, 0.1) is 0 Å². The first-order valence-corrected chi connectivity index (χ1v) is 6.26. The van der Waals surface area contributed by atoms with Gasteiger partial charge in [0.1, 0.15) is 12.4 Å². The Morgan fingerprint density at radius 2 is 1.94 bits per heavy atom. The number of ether oxygens (including phenoxy) is 1. The van der Waals surface area contributed by atoms with Crippen molar-refractivity contribution in [2.75, 3.05) is 26.7 Å². The van der Waals surface area contributed by atoms with Crippen LogP contribution in [-0.4, -0.2) is 42.7 Å². The molecule has 0 spiro atoms. The number of para-hydroxylation sites is 1. The van der Waals surface area contributed by atoms with Gasteiger partial charge in [0.15, 0.2) is 0 Å². The molecule has 1 aromatic rings. The van der Waals surface area contributed by atoms with Crippen molar-refractivity contribution in [3.63, 3.8) is 0 Å². The van der Waals surface area contributed by atoms with Crippen LogP contribution in [0.25, 0.3) is 0 Å². The number of carbonyl (C=O) groups is 1. The summed E-state index contributed by atoms with van der Waals surface area (Å²) in [5, 5.41) is 8.51. The Kier molecular flexibility index (Phi) is 6.87. The minimum absolute atomic E-state index is 0.258. The fourth-order valence-corrected chi connectivity index (χ4v) is 1.61. The third kappa shape index (κ3) is 6.91. The van der Waals surface area contributed by atoms with Gasteiger partial charge in [-0.2, -0.15) is 0 Å². The smallest absolute Gasteiger partial charge is 0.303 e. The quantitative estimate of drug-likeness (QED) is 0.684. The predicted molar refractivity (Wildman–Crippen MR) is 70.9 cm³/mol. The van der Waals surface area contributed by atoms with Crippen molar-refractivity contribution in [2.24, 2.45) is 0 Å². The molecule has 1 rings (SSSR count). The number of carboxylic acid groups (broad SMARTS) is 1. The van der Waals surface area contributed by atoms with E-state index in [0.717, 1.165) is 31.7 Å². The van der Waals surface area contributed by atoms with Crippen molar-refractivity contribution >= 4 is 5.97 Å². The SMILES string of the molecule is CN(CCCCC(=O)O)CCOc1ccccc1. The van der Waals surface area contributed by atoms with E-state index in [-0.39, 0.29) is 6.42 Å². The summed E-state index contributed by atoms with van der Waals surface area (Å²) in [6.07, 6.45) is 1.90. The summed E-state index contributed by atoms with van der Waals surface area (Å²) in [6.45, 7) is 2.41. The van der Waals surface area contributed by atoms with E-state index in [1.54, 1.807) is 0 Å². The van der Waals surface area contributed by atoms with Crippen LogP contribution >= 0.6 is 0 Å². The van der Waals surface area contributed by atoms with Gasteiger partial charge in [-0.15, -0.1) is 0 Å². The Morgan fingerprint density at radius 3 is 2.61 bits per heavy atom. The number of nitrogens with zero attached hydrogens (tertiary/aromatic N) is 1. The van der Waals surface area contributed by atoms with E-state index in [4.69, 9.17) is 9.84 Å². The van der Waals surface area contributed by atoms with E-state index in [0.29, 0.717) is 6.61 Å². The maximum atomic E-state index is 10.3. The van der Waals surface area contributed by atoms with E-state index in [1.807, 2.05) is 37.4 Å². The molecule has 1 aromatic carbocycles. The number of carboxylic acids is 1. The van der Waals surface area contributed by atoms with Gasteiger partial charge >= 0.3 is 5.97 Å².